The van der Waals surface area contributed by atoms with Crippen molar-refractivity contribution in [3.05, 3.63) is 46.8 Å². The second kappa shape index (κ2) is 7.06. The summed E-state index contributed by atoms with van der Waals surface area (Å²) in [6.07, 6.45) is 1.34. The number of esters is 1. The zero-order valence-electron chi connectivity index (χ0n) is 14.6. The normalized spacial score (nSPS) is 16.8. The number of aromatic nitrogens is 2. The van der Waals surface area contributed by atoms with Gasteiger partial charge in [0, 0.05) is 25.0 Å². The molecule has 2 aromatic rings. The molecule has 1 aliphatic rings. The van der Waals surface area contributed by atoms with Crippen LogP contribution in [0.5, 0.6) is 0 Å². The summed E-state index contributed by atoms with van der Waals surface area (Å²) >= 11 is 0. The summed E-state index contributed by atoms with van der Waals surface area (Å²) in [5.74, 6) is -0.448. The monoisotopic (exact) mass is 342 g/mol. The molecule has 0 saturated heterocycles. The first-order chi connectivity index (χ1) is 12.0. The molecule has 1 amide bonds. The zero-order chi connectivity index (χ0) is 18.0. The Kier molecular flexibility index (Phi) is 4.85. The summed E-state index contributed by atoms with van der Waals surface area (Å²) in [4.78, 5) is 24.1. The minimum atomic E-state index is -0.376. The van der Waals surface area contributed by atoms with Crippen LogP contribution in [0.15, 0.2) is 24.3 Å². The standard InChI is InChI=1S/C18H22N4O3/c1-11-8-14(21-22(11)2)10-19-16-7-4-12-9-13(18(24)25-3)5-6-15(12)20-17(16)23/h5-6,8-9,16,19H,4,7,10H2,1-3H3,(H,20,23). The third kappa shape index (κ3) is 3.71. The van der Waals surface area contributed by atoms with E-state index in [4.69, 9.17) is 4.74 Å². The smallest absolute Gasteiger partial charge is 0.337 e. The van der Waals surface area contributed by atoms with Gasteiger partial charge >= 0.3 is 5.97 Å². The van der Waals surface area contributed by atoms with Crippen molar-refractivity contribution in [3.8, 4) is 0 Å². The van der Waals surface area contributed by atoms with Crippen molar-refractivity contribution in [1.82, 2.24) is 15.1 Å². The van der Waals surface area contributed by atoms with Crippen LogP contribution < -0.4 is 10.6 Å². The lowest BCUT2D eigenvalue weighted by molar-refractivity contribution is -0.118. The van der Waals surface area contributed by atoms with Crippen LogP contribution in [0.25, 0.3) is 0 Å². The summed E-state index contributed by atoms with van der Waals surface area (Å²) in [6.45, 7) is 2.52. The fraction of sp³-hybridized carbons (Fsp3) is 0.389. The molecule has 0 radical (unpaired) electrons. The van der Waals surface area contributed by atoms with Gasteiger partial charge in [0.15, 0.2) is 0 Å². The molecule has 1 aliphatic heterocycles. The van der Waals surface area contributed by atoms with Gasteiger partial charge < -0.3 is 15.4 Å². The predicted molar refractivity (Wildman–Crippen MR) is 93.3 cm³/mol. The van der Waals surface area contributed by atoms with E-state index in [1.807, 2.05) is 24.7 Å². The Bertz CT molecular complexity index is 793. The second-order valence-corrected chi connectivity index (χ2v) is 6.23. The van der Waals surface area contributed by atoms with Crippen LogP contribution in [0.4, 0.5) is 5.69 Å². The fourth-order valence-electron chi connectivity index (χ4n) is 2.96. The van der Waals surface area contributed by atoms with Gasteiger partial charge in [0.25, 0.3) is 0 Å². The predicted octanol–water partition coefficient (Wildman–Crippen LogP) is 1.56. The van der Waals surface area contributed by atoms with Crippen LogP contribution in [0.3, 0.4) is 0 Å². The van der Waals surface area contributed by atoms with E-state index in [1.54, 1.807) is 18.2 Å². The van der Waals surface area contributed by atoms with Gasteiger partial charge in [-0.3, -0.25) is 9.48 Å². The first-order valence-corrected chi connectivity index (χ1v) is 8.23. The van der Waals surface area contributed by atoms with E-state index in [1.165, 1.54) is 7.11 Å². The van der Waals surface area contributed by atoms with E-state index in [2.05, 4.69) is 15.7 Å². The van der Waals surface area contributed by atoms with Crippen molar-refractivity contribution in [1.29, 1.82) is 0 Å². The highest BCUT2D eigenvalue weighted by Crippen LogP contribution is 2.24. The molecule has 0 fully saturated rings. The Hall–Kier alpha value is -2.67. The molecule has 1 aromatic carbocycles. The van der Waals surface area contributed by atoms with Gasteiger partial charge in [0.05, 0.1) is 24.4 Å². The van der Waals surface area contributed by atoms with Gasteiger partial charge in [-0.2, -0.15) is 5.10 Å². The molecule has 1 unspecified atom stereocenters. The molecular weight excluding hydrogens is 320 g/mol. The number of nitrogens with one attached hydrogen (secondary N) is 2. The zero-order valence-corrected chi connectivity index (χ0v) is 14.6. The third-order valence-corrected chi connectivity index (χ3v) is 4.50. The Labute approximate surface area is 146 Å². The minimum Gasteiger partial charge on any atom is -0.465 e. The number of hydrogen-bond acceptors (Lipinski definition) is 5. The highest BCUT2D eigenvalue weighted by atomic mass is 16.5. The molecule has 0 saturated carbocycles. The molecule has 0 spiro atoms. The average molecular weight is 342 g/mol. The van der Waals surface area contributed by atoms with Gasteiger partial charge in [-0.15, -0.1) is 0 Å². The van der Waals surface area contributed by atoms with Crippen molar-refractivity contribution >= 4 is 17.6 Å². The molecule has 3 rings (SSSR count). The van der Waals surface area contributed by atoms with Crippen LogP contribution in [-0.4, -0.2) is 34.8 Å². The SMILES string of the molecule is COC(=O)c1ccc2c(c1)CCC(NCc1cc(C)n(C)n1)C(=O)N2. The summed E-state index contributed by atoms with van der Waals surface area (Å²) in [7, 11) is 3.25. The van der Waals surface area contributed by atoms with Crippen molar-refractivity contribution in [2.24, 2.45) is 7.05 Å². The van der Waals surface area contributed by atoms with Crippen molar-refractivity contribution in [3.63, 3.8) is 0 Å². The van der Waals surface area contributed by atoms with E-state index in [9.17, 15) is 9.59 Å². The van der Waals surface area contributed by atoms with E-state index < -0.39 is 0 Å². The molecule has 7 heteroatoms. The Morgan fingerprint density at radius 2 is 2.24 bits per heavy atom. The molecule has 2 heterocycles. The quantitative estimate of drug-likeness (QED) is 0.824. The Balaban J connectivity index is 1.69. The lowest BCUT2D eigenvalue weighted by Crippen LogP contribution is -2.39. The Morgan fingerprint density at radius 3 is 2.92 bits per heavy atom. The number of fused-ring (bicyclic) bond motifs is 1. The van der Waals surface area contributed by atoms with Crippen LogP contribution in [0.1, 0.15) is 33.7 Å². The number of anilines is 1. The lowest BCUT2D eigenvalue weighted by Gasteiger charge is -2.14. The number of aryl methyl sites for hydroxylation is 3. The summed E-state index contributed by atoms with van der Waals surface area (Å²) in [6, 6.07) is 6.89. The first kappa shape index (κ1) is 17.2. The topological polar surface area (TPSA) is 85.2 Å². The first-order valence-electron chi connectivity index (χ1n) is 8.23. The lowest BCUT2D eigenvalue weighted by atomic mass is 10.0. The van der Waals surface area contributed by atoms with Crippen molar-refractivity contribution in [2.45, 2.75) is 32.4 Å². The van der Waals surface area contributed by atoms with Gasteiger partial charge in [-0.1, -0.05) is 0 Å². The van der Waals surface area contributed by atoms with E-state index >= 15 is 0 Å². The van der Waals surface area contributed by atoms with Gasteiger partial charge in [0.2, 0.25) is 5.91 Å². The molecular formula is C18H22N4O3. The molecule has 132 valence electrons. The number of carbonyl (C=O) groups is 2. The number of ether oxygens (including phenoxy) is 1. The number of nitrogens with zero attached hydrogens (tertiary/aromatic N) is 2. The number of amides is 1. The molecule has 2 N–H and O–H groups in total. The molecule has 0 aliphatic carbocycles. The third-order valence-electron chi connectivity index (χ3n) is 4.50. The Morgan fingerprint density at radius 1 is 1.44 bits per heavy atom. The number of rotatable bonds is 4. The highest BCUT2D eigenvalue weighted by molar-refractivity contribution is 5.97. The highest BCUT2D eigenvalue weighted by Gasteiger charge is 2.24. The van der Waals surface area contributed by atoms with Gasteiger partial charge in [-0.05, 0) is 49.6 Å². The summed E-state index contributed by atoms with van der Waals surface area (Å²) in [5, 5.41) is 10.6. The molecule has 7 nitrogen and oxygen atoms in total. The maximum absolute atomic E-state index is 12.5. The van der Waals surface area contributed by atoms with Gasteiger partial charge in [-0.25, -0.2) is 4.79 Å². The molecule has 25 heavy (non-hydrogen) atoms. The number of hydrogen-bond donors (Lipinski definition) is 2. The average Bonchev–Trinajstić information content (AvgIpc) is 2.83. The maximum Gasteiger partial charge on any atom is 0.337 e. The van der Waals surface area contributed by atoms with Gasteiger partial charge in [0.1, 0.15) is 0 Å². The molecule has 1 atom stereocenters. The summed E-state index contributed by atoms with van der Waals surface area (Å²) in [5.41, 5.74) is 4.16. The van der Waals surface area contributed by atoms with Crippen molar-refractivity contribution in [2.75, 3.05) is 12.4 Å². The largest absolute Gasteiger partial charge is 0.465 e. The number of carbonyl (C=O) groups excluding carboxylic acids is 2. The number of methoxy groups -OCH3 is 1. The van der Waals surface area contributed by atoms with E-state index in [0.717, 1.165) is 22.6 Å². The molecule has 0 bridgehead atoms. The number of benzene rings is 1. The summed E-state index contributed by atoms with van der Waals surface area (Å²) < 4.78 is 6.57. The van der Waals surface area contributed by atoms with Crippen LogP contribution in [0, 0.1) is 6.92 Å². The minimum absolute atomic E-state index is 0.0720. The second-order valence-electron chi connectivity index (χ2n) is 6.23. The van der Waals surface area contributed by atoms with Crippen LogP contribution >= 0.6 is 0 Å². The van der Waals surface area contributed by atoms with Crippen LogP contribution in [-0.2, 0) is 29.5 Å². The maximum atomic E-state index is 12.5. The molecule has 1 aromatic heterocycles. The van der Waals surface area contributed by atoms with E-state index in [0.29, 0.717) is 24.9 Å². The van der Waals surface area contributed by atoms with E-state index in [-0.39, 0.29) is 17.9 Å². The van der Waals surface area contributed by atoms with Crippen molar-refractivity contribution < 1.29 is 14.3 Å². The fourth-order valence-corrected chi connectivity index (χ4v) is 2.96. The van der Waals surface area contributed by atoms with Crippen LogP contribution in [0.2, 0.25) is 0 Å².